The molecular weight excluding hydrogens is 314 g/mol. The molecule has 25 heavy (non-hydrogen) atoms. The summed E-state index contributed by atoms with van der Waals surface area (Å²) in [6.07, 6.45) is 3.29. The SMILES string of the molecule is CC(=O)OC(=C/c1ccccc1)/C(=C\c1ccc(C#N)cc1)C(C)=O. The van der Waals surface area contributed by atoms with Gasteiger partial charge in [-0.1, -0.05) is 42.5 Å². The number of hydrogen-bond donors (Lipinski definition) is 0. The van der Waals surface area contributed by atoms with Crippen molar-refractivity contribution in [2.45, 2.75) is 13.8 Å². The Labute approximate surface area is 146 Å². The minimum absolute atomic E-state index is 0.190. The standard InChI is InChI=1S/C21H17NO3/c1-15(23)20(12-18-8-10-19(14-22)11-9-18)21(25-16(2)24)13-17-6-4-3-5-7-17/h3-13H,1-2H3/b20-12-,21-13+. The first-order valence-corrected chi connectivity index (χ1v) is 7.68. The molecule has 0 amide bonds. The van der Waals surface area contributed by atoms with Gasteiger partial charge < -0.3 is 4.74 Å². The first-order valence-electron chi connectivity index (χ1n) is 7.68. The van der Waals surface area contributed by atoms with E-state index >= 15 is 0 Å². The van der Waals surface area contributed by atoms with Crippen molar-refractivity contribution >= 4 is 23.9 Å². The number of carbonyl (C=O) groups excluding carboxylic acids is 2. The number of benzene rings is 2. The van der Waals surface area contributed by atoms with Gasteiger partial charge in [0.25, 0.3) is 0 Å². The average Bonchev–Trinajstić information content (AvgIpc) is 2.60. The highest BCUT2D eigenvalue weighted by atomic mass is 16.5. The third kappa shape index (κ3) is 5.29. The molecule has 0 saturated heterocycles. The minimum atomic E-state index is -0.505. The number of nitriles is 1. The maximum absolute atomic E-state index is 12.1. The van der Waals surface area contributed by atoms with Crippen LogP contribution >= 0.6 is 0 Å². The fraction of sp³-hybridized carbons (Fsp3) is 0.0952. The highest BCUT2D eigenvalue weighted by Gasteiger charge is 2.14. The lowest BCUT2D eigenvalue weighted by molar-refractivity contribution is -0.136. The normalized spacial score (nSPS) is 11.6. The van der Waals surface area contributed by atoms with E-state index in [1.54, 1.807) is 36.4 Å². The van der Waals surface area contributed by atoms with E-state index in [2.05, 4.69) is 0 Å². The highest BCUT2D eigenvalue weighted by Crippen LogP contribution is 2.21. The molecule has 0 fully saturated rings. The van der Waals surface area contributed by atoms with E-state index in [1.165, 1.54) is 13.8 Å². The predicted molar refractivity (Wildman–Crippen MR) is 96.0 cm³/mol. The van der Waals surface area contributed by atoms with Gasteiger partial charge in [0.15, 0.2) is 5.78 Å². The van der Waals surface area contributed by atoms with Gasteiger partial charge in [0, 0.05) is 6.92 Å². The van der Waals surface area contributed by atoms with Gasteiger partial charge in [-0.3, -0.25) is 9.59 Å². The molecule has 2 aromatic carbocycles. The van der Waals surface area contributed by atoms with Gasteiger partial charge in [0.05, 0.1) is 17.2 Å². The number of esters is 1. The van der Waals surface area contributed by atoms with Gasteiger partial charge in [0.2, 0.25) is 0 Å². The highest BCUT2D eigenvalue weighted by molar-refractivity contribution is 6.03. The molecule has 0 unspecified atom stereocenters. The van der Waals surface area contributed by atoms with E-state index in [0.717, 1.165) is 11.1 Å². The Bertz CT molecular complexity index is 870. The van der Waals surface area contributed by atoms with Crippen molar-refractivity contribution in [3.05, 3.63) is 82.6 Å². The van der Waals surface area contributed by atoms with E-state index in [9.17, 15) is 9.59 Å². The fourth-order valence-electron chi connectivity index (χ4n) is 2.18. The fourth-order valence-corrected chi connectivity index (χ4v) is 2.18. The van der Waals surface area contributed by atoms with E-state index in [4.69, 9.17) is 10.00 Å². The smallest absolute Gasteiger partial charge is 0.308 e. The van der Waals surface area contributed by atoms with Gasteiger partial charge in [0.1, 0.15) is 5.76 Å². The molecule has 2 aromatic rings. The Balaban J connectivity index is 2.50. The molecule has 0 heterocycles. The Morgan fingerprint density at radius 1 is 0.920 bits per heavy atom. The van der Waals surface area contributed by atoms with Crippen molar-refractivity contribution in [1.82, 2.24) is 0 Å². The number of ketones is 1. The van der Waals surface area contributed by atoms with Crippen LogP contribution in [0.2, 0.25) is 0 Å². The number of carbonyl (C=O) groups is 2. The van der Waals surface area contributed by atoms with Crippen molar-refractivity contribution in [3.8, 4) is 6.07 Å². The van der Waals surface area contributed by atoms with Gasteiger partial charge in [-0.05, 0) is 42.3 Å². The van der Waals surface area contributed by atoms with Crippen molar-refractivity contribution in [2.75, 3.05) is 0 Å². The molecule has 0 bridgehead atoms. The molecule has 0 aliphatic rings. The predicted octanol–water partition coefficient (Wildman–Crippen LogP) is 4.13. The summed E-state index contributed by atoms with van der Waals surface area (Å²) < 4.78 is 5.28. The zero-order chi connectivity index (χ0) is 18.2. The van der Waals surface area contributed by atoms with Crippen LogP contribution in [0.1, 0.15) is 30.5 Å². The number of Topliss-reactive ketones (excluding diaryl/α,β-unsaturated/α-hetero) is 1. The number of rotatable bonds is 5. The van der Waals surface area contributed by atoms with E-state index in [0.29, 0.717) is 5.56 Å². The topological polar surface area (TPSA) is 67.2 Å². The summed E-state index contributed by atoms with van der Waals surface area (Å²) >= 11 is 0. The first-order chi connectivity index (χ1) is 12.0. The van der Waals surface area contributed by atoms with Crippen molar-refractivity contribution < 1.29 is 14.3 Å². The van der Waals surface area contributed by atoms with E-state index in [1.807, 2.05) is 36.4 Å². The van der Waals surface area contributed by atoms with Crippen LogP contribution in [0.5, 0.6) is 0 Å². The van der Waals surface area contributed by atoms with Gasteiger partial charge >= 0.3 is 5.97 Å². The summed E-state index contributed by atoms with van der Waals surface area (Å²) in [7, 11) is 0. The lowest BCUT2D eigenvalue weighted by Crippen LogP contribution is -2.07. The molecule has 0 radical (unpaired) electrons. The number of nitrogens with zero attached hydrogens (tertiary/aromatic N) is 1. The van der Waals surface area contributed by atoms with Gasteiger partial charge in [-0.2, -0.15) is 5.26 Å². The molecule has 0 atom stereocenters. The number of allylic oxidation sites excluding steroid dienone is 1. The molecule has 0 aliphatic heterocycles. The molecule has 4 heteroatoms. The summed E-state index contributed by atoms with van der Waals surface area (Å²) in [5, 5.41) is 8.86. The van der Waals surface area contributed by atoms with Crippen molar-refractivity contribution in [1.29, 1.82) is 5.26 Å². The second kappa shape index (κ2) is 8.42. The summed E-state index contributed by atoms with van der Waals surface area (Å²) in [6.45, 7) is 2.70. The Hall–Kier alpha value is -3.45. The van der Waals surface area contributed by atoms with Crippen LogP contribution in [-0.4, -0.2) is 11.8 Å². The number of ether oxygens (including phenoxy) is 1. The average molecular weight is 331 g/mol. The number of hydrogen-bond acceptors (Lipinski definition) is 4. The Morgan fingerprint density at radius 2 is 1.52 bits per heavy atom. The molecule has 0 saturated carbocycles. The molecule has 0 N–H and O–H groups in total. The summed E-state index contributed by atoms with van der Waals surface area (Å²) in [5.41, 5.74) is 2.35. The second-order valence-corrected chi connectivity index (χ2v) is 5.36. The van der Waals surface area contributed by atoms with Crippen LogP contribution in [0.3, 0.4) is 0 Å². The third-order valence-electron chi connectivity index (χ3n) is 3.35. The third-order valence-corrected chi connectivity index (χ3v) is 3.35. The van der Waals surface area contributed by atoms with Crippen LogP contribution in [0.15, 0.2) is 65.9 Å². The first kappa shape index (κ1) is 17.9. The quantitative estimate of drug-likeness (QED) is 0.357. The lowest BCUT2D eigenvalue weighted by atomic mass is 10.0. The van der Waals surface area contributed by atoms with Crippen LogP contribution in [-0.2, 0) is 14.3 Å². The largest absolute Gasteiger partial charge is 0.426 e. The van der Waals surface area contributed by atoms with Crippen LogP contribution in [0.4, 0.5) is 0 Å². The van der Waals surface area contributed by atoms with Crippen molar-refractivity contribution in [2.24, 2.45) is 0 Å². The minimum Gasteiger partial charge on any atom is -0.426 e. The zero-order valence-electron chi connectivity index (χ0n) is 14.0. The monoisotopic (exact) mass is 331 g/mol. The van der Waals surface area contributed by atoms with Crippen molar-refractivity contribution in [3.63, 3.8) is 0 Å². The molecule has 0 aliphatic carbocycles. The second-order valence-electron chi connectivity index (χ2n) is 5.36. The van der Waals surface area contributed by atoms with Gasteiger partial charge in [-0.25, -0.2) is 0 Å². The lowest BCUT2D eigenvalue weighted by Gasteiger charge is -2.10. The maximum atomic E-state index is 12.1. The molecule has 2 rings (SSSR count). The zero-order valence-corrected chi connectivity index (χ0v) is 14.0. The van der Waals surface area contributed by atoms with E-state index in [-0.39, 0.29) is 17.1 Å². The molecular formula is C21H17NO3. The summed E-state index contributed by atoms with van der Waals surface area (Å²) in [6, 6.07) is 18.1. The molecule has 124 valence electrons. The summed E-state index contributed by atoms with van der Waals surface area (Å²) in [4.78, 5) is 23.6. The molecule has 0 spiro atoms. The molecule has 4 nitrogen and oxygen atoms in total. The Morgan fingerprint density at radius 3 is 2.04 bits per heavy atom. The van der Waals surface area contributed by atoms with Crippen LogP contribution in [0.25, 0.3) is 12.2 Å². The maximum Gasteiger partial charge on any atom is 0.308 e. The Kier molecular flexibility index (Phi) is 6.02. The van der Waals surface area contributed by atoms with Crippen LogP contribution in [0, 0.1) is 11.3 Å². The molecule has 0 aromatic heterocycles. The summed E-state index contributed by atoms with van der Waals surface area (Å²) in [5.74, 6) is -0.544. The van der Waals surface area contributed by atoms with Gasteiger partial charge in [-0.15, -0.1) is 0 Å². The van der Waals surface area contributed by atoms with E-state index < -0.39 is 5.97 Å². The van der Waals surface area contributed by atoms with Crippen LogP contribution < -0.4 is 0 Å².